The van der Waals surface area contributed by atoms with E-state index in [4.69, 9.17) is 4.74 Å². The number of isocyanates is 1. The Kier molecular flexibility index (Phi) is 4.43. The fourth-order valence-electron chi connectivity index (χ4n) is 2.34. The van der Waals surface area contributed by atoms with E-state index in [1.54, 1.807) is 17.0 Å². The van der Waals surface area contributed by atoms with Gasteiger partial charge in [0.15, 0.2) is 0 Å². The van der Waals surface area contributed by atoms with Crippen molar-refractivity contribution >= 4 is 17.9 Å². The Morgan fingerprint density at radius 2 is 1.90 bits per heavy atom. The van der Waals surface area contributed by atoms with Crippen LogP contribution in [0.15, 0.2) is 23.2 Å². The highest BCUT2D eigenvalue weighted by Gasteiger charge is 2.24. The maximum Gasteiger partial charge on any atom is 0.410 e. The van der Waals surface area contributed by atoms with E-state index in [1.165, 1.54) is 5.56 Å². The Morgan fingerprint density at radius 3 is 2.52 bits per heavy atom. The minimum atomic E-state index is -0.484. The van der Waals surface area contributed by atoms with Crippen LogP contribution in [0.25, 0.3) is 0 Å². The van der Waals surface area contributed by atoms with Gasteiger partial charge in [-0.05, 0) is 56.9 Å². The molecule has 5 heteroatoms. The number of rotatable bonds is 1. The molecule has 5 nitrogen and oxygen atoms in total. The highest BCUT2D eigenvalue weighted by Crippen LogP contribution is 2.22. The molecule has 1 amide bonds. The van der Waals surface area contributed by atoms with Gasteiger partial charge >= 0.3 is 6.09 Å². The maximum atomic E-state index is 12.1. The van der Waals surface area contributed by atoms with Gasteiger partial charge in [-0.15, -0.1) is 0 Å². The molecule has 1 aliphatic heterocycles. The molecule has 2 rings (SSSR count). The van der Waals surface area contributed by atoms with Crippen molar-refractivity contribution < 1.29 is 14.3 Å². The number of hydrogen-bond donors (Lipinski definition) is 0. The van der Waals surface area contributed by atoms with Crippen LogP contribution in [0.3, 0.4) is 0 Å². The molecule has 0 atom stereocenters. The molecule has 0 spiro atoms. The van der Waals surface area contributed by atoms with Gasteiger partial charge in [0.05, 0.1) is 5.69 Å². The van der Waals surface area contributed by atoms with Gasteiger partial charge in [-0.1, -0.05) is 6.07 Å². The first-order chi connectivity index (χ1) is 9.89. The predicted molar refractivity (Wildman–Crippen MR) is 79.4 cm³/mol. The molecular weight excluding hydrogens is 268 g/mol. The van der Waals surface area contributed by atoms with E-state index < -0.39 is 5.60 Å². The number of carbonyl (C=O) groups excluding carboxylic acids is 2. The first kappa shape index (κ1) is 15.3. The zero-order valence-corrected chi connectivity index (χ0v) is 12.7. The Balaban J connectivity index is 2.09. The lowest BCUT2D eigenvalue weighted by atomic mass is 10.0. The summed E-state index contributed by atoms with van der Waals surface area (Å²) < 4.78 is 5.41. The van der Waals surface area contributed by atoms with Crippen LogP contribution in [0.2, 0.25) is 0 Å². The van der Waals surface area contributed by atoms with Gasteiger partial charge in [0.1, 0.15) is 5.60 Å². The van der Waals surface area contributed by atoms with Crippen LogP contribution in [0.1, 0.15) is 31.9 Å². The zero-order chi connectivity index (χ0) is 15.5. The van der Waals surface area contributed by atoms with E-state index >= 15 is 0 Å². The molecule has 0 unspecified atom stereocenters. The average Bonchev–Trinajstić information content (AvgIpc) is 2.59. The Labute approximate surface area is 124 Å². The third-order valence-corrected chi connectivity index (χ3v) is 3.32. The SMILES string of the molecule is CC(C)(C)OC(=O)N1CCc2ccc(N=C=O)cc2CC1. The van der Waals surface area contributed by atoms with Gasteiger partial charge in [0.25, 0.3) is 0 Å². The fraction of sp³-hybridized carbons (Fsp3) is 0.500. The van der Waals surface area contributed by atoms with Gasteiger partial charge in [0.2, 0.25) is 6.08 Å². The first-order valence-electron chi connectivity index (χ1n) is 7.06. The number of fused-ring (bicyclic) bond motifs is 1. The Morgan fingerprint density at radius 1 is 1.24 bits per heavy atom. The fourth-order valence-corrected chi connectivity index (χ4v) is 2.34. The van der Waals surface area contributed by atoms with E-state index in [-0.39, 0.29) is 6.09 Å². The second-order valence-electron chi connectivity index (χ2n) is 6.12. The molecule has 0 fully saturated rings. The zero-order valence-electron chi connectivity index (χ0n) is 12.7. The molecule has 0 aliphatic carbocycles. The maximum absolute atomic E-state index is 12.1. The topological polar surface area (TPSA) is 59.0 Å². The number of aliphatic imine (C=N–C) groups is 1. The quantitative estimate of drug-likeness (QED) is 0.589. The summed E-state index contributed by atoms with van der Waals surface area (Å²) in [5.41, 5.74) is 2.43. The molecule has 0 radical (unpaired) electrons. The van der Waals surface area contributed by atoms with Crippen LogP contribution in [0, 0.1) is 0 Å². The second-order valence-corrected chi connectivity index (χ2v) is 6.12. The molecule has 0 bridgehead atoms. The van der Waals surface area contributed by atoms with Crippen molar-refractivity contribution in [3.05, 3.63) is 29.3 Å². The van der Waals surface area contributed by atoms with E-state index in [9.17, 15) is 9.59 Å². The summed E-state index contributed by atoms with van der Waals surface area (Å²) in [4.78, 5) is 27.8. The summed E-state index contributed by atoms with van der Waals surface area (Å²) in [6.07, 6.45) is 2.78. The van der Waals surface area contributed by atoms with Gasteiger partial charge < -0.3 is 9.64 Å². The second kappa shape index (κ2) is 6.10. The molecule has 0 saturated heterocycles. The number of benzene rings is 1. The number of ether oxygens (including phenoxy) is 1. The number of hydrogen-bond acceptors (Lipinski definition) is 4. The van der Waals surface area contributed by atoms with E-state index in [0.717, 1.165) is 18.4 Å². The highest BCUT2D eigenvalue weighted by atomic mass is 16.6. The molecule has 0 N–H and O–H groups in total. The molecule has 1 aliphatic rings. The molecule has 1 aromatic rings. The molecule has 112 valence electrons. The van der Waals surface area contributed by atoms with Gasteiger partial charge in [-0.2, -0.15) is 4.99 Å². The lowest BCUT2D eigenvalue weighted by molar-refractivity contribution is 0.0258. The third kappa shape index (κ3) is 4.17. The van der Waals surface area contributed by atoms with Gasteiger partial charge in [-0.3, -0.25) is 0 Å². The third-order valence-electron chi connectivity index (χ3n) is 3.32. The van der Waals surface area contributed by atoms with E-state index in [2.05, 4.69) is 4.99 Å². The van der Waals surface area contributed by atoms with Crippen LogP contribution >= 0.6 is 0 Å². The van der Waals surface area contributed by atoms with Crippen LogP contribution in [-0.4, -0.2) is 35.8 Å². The number of nitrogens with zero attached hydrogens (tertiary/aromatic N) is 2. The van der Waals surface area contributed by atoms with Crippen molar-refractivity contribution in [2.45, 2.75) is 39.2 Å². The molecule has 0 saturated carbocycles. The van der Waals surface area contributed by atoms with Crippen LogP contribution in [0.5, 0.6) is 0 Å². The van der Waals surface area contributed by atoms with Crippen LogP contribution < -0.4 is 0 Å². The Bertz CT molecular complexity index is 584. The summed E-state index contributed by atoms with van der Waals surface area (Å²) in [5, 5.41) is 0. The molecule has 21 heavy (non-hydrogen) atoms. The van der Waals surface area contributed by atoms with Gasteiger partial charge in [-0.25, -0.2) is 9.59 Å². The van der Waals surface area contributed by atoms with Crippen LogP contribution in [-0.2, 0) is 22.4 Å². The van der Waals surface area contributed by atoms with Crippen molar-refractivity contribution in [2.75, 3.05) is 13.1 Å². The highest BCUT2D eigenvalue weighted by molar-refractivity contribution is 5.68. The summed E-state index contributed by atoms with van der Waals surface area (Å²) in [7, 11) is 0. The smallest absolute Gasteiger partial charge is 0.410 e. The number of carbonyl (C=O) groups is 1. The minimum Gasteiger partial charge on any atom is -0.444 e. The average molecular weight is 288 g/mol. The van der Waals surface area contributed by atoms with Crippen molar-refractivity contribution in [3.63, 3.8) is 0 Å². The summed E-state index contributed by atoms with van der Waals surface area (Å²) in [5.74, 6) is 0. The lowest BCUT2D eigenvalue weighted by Gasteiger charge is -2.26. The van der Waals surface area contributed by atoms with Crippen molar-refractivity contribution in [3.8, 4) is 0 Å². The Hall–Kier alpha value is -2.13. The van der Waals surface area contributed by atoms with Crippen molar-refractivity contribution in [1.29, 1.82) is 0 Å². The monoisotopic (exact) mass is 288 g/mol. The number of amides is 1. The molecule has 1 aromatic carbocycles. The largest absolute Gasteiger partial charge is 0.444 e. The standard InChI is InChI=1S/C16H20N2O3/c1-16(2,3)21-15(20)18-8-6-12-4-5-14(17-11-19)10-13(12)7-9-18/h4-5,10H,6-9H2,1-3H3. The lowest BCUT2D eigenvalue weighted by Crippen LogP contribution is -2.38. The first-order valence-corrected chi connectivity index (χ1v) is 7.06. The molecule has 0 aromatic heterocycles. The van der Waals surface area contributed by atoms with Gasteiger partial charge in [0, 0.05) is 13.1 Å². The molecule has 1 heterocycles. The van der Waals surface area contributed by atoms with E-state index in [0.29, 0.717) is 18.8 Å². The van der Waals surface area contributed by atoms with Crippen molar-refractivity contribution in [2.24, 2.45) is 4.99 Å². The predicted octanol–water partition coefficient (Wildman–Crippen LogP) is 2.99. The minimum absolute atomic E-state index is 0.276. The summed E-state index contributed by atoms with van der Waals surface area (Å²) in [6.45, 7) is 6.83. The normalized spacial score (nSPS) is 14.7. The molecular formula is C16H20N2O3. The van der Waals surface area contributed by atoms with Crippen LogP contribution in [0.4, 0.5) is 10.5 Å². The van der Waals surface area contributed by atoms with Crippen molar-refractivity contribution in [1.82, 2.24) is 4.90 Å². The van der Waals surface area contributed by atoms with E-state index in [1.807, 2.05) is 32.9 Å². The summed E-state index contributed by atoms with van der Waals surface area (Å²) in [6, 6.07) is 5.65. The summed E-state index contributed by atoms with van der Waals surface area (Å²) >= 11 is 0.